The van der Waals surface area contributed by atoms with Crippen molar-refractivity contribution in [2.24, 2.45) is 0 Å². The number of hydrogen-bond donors (Lipinski definition) is 0. The van der Waals surface area contributed by atoms with Gasteiger partial charge in [0.15, 0.2) is 0 Å². The van der Waals surface area contributed by atoms with E-state index in [1.807, 2.05) is 35.2 Å². The molecule has 1 heterocycles. The molecule has 0 unspecified atom stereocenters. The Bertz CT molecular complexity index is 493. The first kappa shape index (κ1) is 12.9. The van der Waals surface area contributed by atoms with Gasteiger partial charge in [0.05, 0.1) is 17.9 Å². The molecule has 2 aromatic rings. The van der Waals surface area contributed by atoms with Crippen LogP contribution in [0.1, 0.15) is 5.56 Å². The van der Waals surface area contributed by atoms with Gasteiger partial charge in [0.1, 0.15) is 0 Å². The molecule has 0 radical (unpaired) electrons. The van der Waals surface area contributed by atoms with Gasteiger partial charge in [0.25, 0.3) is 0 Å². The second-order valence-corrected chi connectivity index (χ2v) is 4.56. The molecule has 0 N–H and O–H groups in total. The second-order valence-electron chi connectivity index (χ2n) is 4.13. The standard InChI is InChI=1S/C14H16ClN3/c1-2-8-17(10-13-6-4-3-5-7-13)12-18-11-14(15)9-16-18/h2-7,9,11H,1,8,10,12H2. The van der Waals surface area contributed by atoms with Crippen LogP contribution in [0.5, 0.6) is 0 Å². The van der Waals surface area contributed by atoms with Gasteiger partial charge in [-0.3, -0.25) is 9.58 Å². The smallest absolute Gasteiger partial charge is 0.0934 e. The molecule has 4 heteroatoms. The summed E-state index contributed by atoms with van der Waals surface area (Å²) in [6, 6.07) is 10.4. The van der Waals surface area contributed by atoms with Gasteiger partial charge >= 0.3 is 0 Å². The highest BCUT2D eigenvalue weighted by Gasteiger charge is 2.05. The Morgan fingerprint density at radius 2 is 2.11 bits per heavy atom. The van der Waals surface area contributed by atoms with Crippen molar-refractivity contribution in [2.45, 2.75) is 13.2 Å². The van der Waals surface area contributed by atoms with Crippen LogP contribution in [0, 0.1) is 0 Å². The van der Waals surface area contributed by atoms with E-state index in [-0.39, 0.29) is 0 Å². The van der Waals surface area contributed by atoms with Gasteiger partial charge in [-0.25, -0.2) is 0 Å². The van der Waals surface area contributed by atoms with E-state index >= 15 is 0 Å². The molecule has 0 fully saturated rings. The number of aromatic nitrogens is 2. The average molecular weight is 262 g/mol. The van der Waals surface area contributed by atoms with Crippen molar-refractivity contribution in [1.82, 2.24) is 14.7 Å². The lowest BCUT2D eigenvalue weighted by Crippen LogP contribution is -2.26. The third-order valence-corrected chi connectivity index (χ3v) is 2.78. The number of benzene rings is 1. The van der Waals surface area contributed by atoms with Crippen LogP contribution < -0.4 is 0 Å². The molecule has 0 saturated heterocycles. The molecule has 0 amide bonds. The largest absolute Gasteiger partial charge is 0.276 e. The van der Waals surface area contributed by atoms with Crippen molar-refractivity contribution < 1.29 is 0 Å². The Morgan fingerprint density at radius 1 is 1.33 bits per heavy atom. The van der Waals surface area contributed by atoms with Crippen molar-refractivity contribution in [3.05, 3.63) is 66.0 Å². The van der Waals surface area contributed by atoms with Crippen LogP contribution in [-0.4, -0.2) is 21.2 Å². The van der Waals surface area contributed by atoms with Crippen LogP contribution in [0.25, 0.3) is 0 Å². The average Bonchev–Trinajstić information content (AvgIpc) is 2.76. The molecule has 0 bridgehead atoms. The first-order chi connectivity index (χ1) is 8.78. The maximum Gasteiger partial charge on any atom is 0.0934 e. The zero-order chi connectivity index (χ0) is 12.8. The fourth-order valence-corrected chi connectivity index (χ4v) is 1.97. The molecular weight excluding hydrogens is 246 g/mol. The summed E-state index contributed by atoms with van der Waals surface area (Å²) in [6.45, 7) is 6.17. The highest BCUT2D eigenvalue weighted by molar-refractivity contribution is 6.30. The molecular formula is C14H16ClN3. The van der Waals surface area contributed by atoms with Gasteiger partial charge in [-0.1, -0.05) is 48.0 Å². The van der Waals surface area contributed by atoms with E-state index in [9.17, 15) is 0 Å². The summed E-state index contributed by atoms with van der Waals surface area (Å²) in [7, 11) is 0. The number of halogens is 1. The SMILES string of the molecule is C=CCN(Cc1ccccc1)Cn1cc(Cl)cn1. The van der Waals surface area contributed by atoms with Crippen molar-refractivity contribution in [2.75, 3.05) is 6.54 Å². The molecule has 3 nitrogen and oxygen atoms in total. The third kappa shape index (κ3) is 3.72. The van der Waals surface area contributed by atoms with E-state index in [1.165, 1.54) is 5.56 Å². The van der Waals surface area contributed by atoms with Crippen LogP contribution in [0.4, 0.5) is 0 Å². The maximum atomic E-state index is 5.86. The van der Waals surface area contributed by atoms with Gasteiger partial charge in [-0.2, -0.15) is 5.10 Å². The molecule has 18 heavy (non-hydrogen) atoms. The molecule has 0 aliphatic rings. The molecule has 0 saturated carbocycles. The van der Waals surface area contributed by atoms with Gasteiger partial charge in [0.2, 0.25) is 0 Å². The molecule has 1 aromatic carbocycles. The van der Waals surface area contributed by atoms with Crippen molar-refractivity contribution >= 4 is 11.6 Å². The second kappa shape index (κ2) is 6.38. The van der Waals surface area contributed by atoms with E-state index in [0.717, 1.165) is 13.1 Å². The van der Waals surface area contributed by atoms with E-state index < -0.39 is 0 Å². The maximum absolute atomic E-state index is 5.86. The molecule has 0 aliphatic carbocycles. The van der Waals surface area contributed by atoms with E-state index in [0.29, 0.717) is 11.7 Å². The zero-order valence-corrected chi connectivity index (χ0v) is 10.9. The minimum atomic E-state index is 0.660. The lowest BCUT2D eigenvalue weighted by atomic mass is 10.2. The summed E-state index contributed by atoms with van der Waals surface area (Å²) in [4.78, 5) is 2.24. The summed E-state index contributed by atoms with van der Waals surface area (Å²) in [5.74, 6) is 0. The number of rotatable bonds is 6. The predicted octanol–water partition coefficient (Wildman–Crippen LogP) is 3.18. The minimum absolute atomic E-state index is 0.660. The lowest BCUT2D eigenvalue weighted by Gasteiger charge is -2.20. The number of nitrogens with zero attached hydrogens (tertiary/aromatic N) is 3. The first-order valence-electron chi connectivity index (χ1n) is 5.83. The minimum Gasteiger partial charge on any atom is -0.276 e. The summed E-state index contributed by atoms with van der Waals surface area (Å²) in [5, 5.41) is 4.85. The van der Waals surface area contributed by atoms with Gasteiger partial charge < -0.3 is 0 Å². The van der Waals surface area contributed by atoms with Gasteiger partial charge in [0, 0.05) is 19.3 Å². The Balaban J connectivity index is 2.02. The first-order valence-corrected chi connectivity index (χ1v) is 6.21. The summed E-state index contributed by atoms with van der Waals surface area (Å²) in [5.41, 5.74) is 1.28. The summed E-state index contributed by atoms with van der Waals surface area (Å²) >= 11 is 5.86. The molecule has 0 atom stereocenters. The highest BCUT2D eigenvalue weighted by atomic mass is 35.5. The van der Waals surface area contributed by atoms with E-state index in [2.05, 4.69) is 28.7 Å². The topological polar surface area (TPSA) is 21.1 Å². The van der Waals surface area contributed by atoms with Crippen LogP contribution in [0.2, 0.25) is 5.02 Å². The molecule has 2 rings (SSSR count). The van der Waals surface area contributed by atoms with Crippen molar-refractivity contribution in [1.29, 1.82) is 0 Å². The molecule has 94 valence electrons. The van der Waals surface area contributed by atoms with Crippen LogP contribution >= 0.6 is 11.6 Å². The van der Waals surface area contributed by atoms with Crippen LogP contribution in [0.3, 0.4) is 0 Å². The predicted molar refractivity (Wildman–Crippen MR) is 74.3 cm³/mol. The number of hydrogen-bond acceptors (Lipinski definition) is 2. The fourth-order valence-electron chi connectivity index (χ4n) is 1.82. The molecule has 0 spiro atoms. The van der Waals surface area contributed by atoms with Crippen molar-refractivity contribution in [3.8, 4) is 0 Å². The van der Waals surface area contributed by atoms with E-state index in [1.54, 1.807) is 6.20 Å². The van der Waals surface area contributed by atoms with Gasteiger partial charge in [-0.05, 0) is 5.56 Å². The highest BCUT2D eigenvalue weighted by Crippen LogP contribution is 2.08. The van der Waals surface area contributed by atoms with Crippen LogP contribution in [-0.2, 0) is 13.2 Å². The third-order valence-electron chi connectivity index (χ3n) is 2.58. The quantitative estimate of drug-likeness (QED) is 0.745. The lowest BCUT2D eigenvalue weighted by molar-refractivity contribution is 0.220. The van der Waals surface area contributed by atoms with Crippen LogP contribution in [0.15, 0.2) is 55.4 Å². The summed E-state index contributed by atoms with van der Waals surface area (Å²) in [6.07, 6.45) is 5.37. The Kier molecular flexibility index (Phi) is 4.56. The Morgan fingerprint density at radius 3 is 2.72 bits per heavy atom. The van der Waals surface area contributed by atoms with Crippen molar-refractivity contribution in [3.63, 3.8) is 0 Å². The monoisotopic (exact) mass is 261 g/mol. The Hall–Kier alpha value is -1.58. The van der Waals surface area contributed by atoms with Gasteiger partial charge in [-0.15, -0.1) is 6.58 Å². The normalized spacial score (nSPS) is 10.8. The van der Waals surface area contributed by atoms with E-state index in [4.69, 9.17) is 11.6 Å². The Labute approximate surface area is 112 Å². The molecule has 1 aromatic heterocycles. The molecule has 0 aliphatic heterocycles. The fraction of sp³-hybridized carbons (Fsp3) is 0.214. The summed E-state index contributed by atoms with van der Waals surface area (Å²) < 4.78 is 1.83. The zero-order valence-electron chi connectivity index (χ0n) is 10.2.